The summed E-state index contributed by atoms with van der Waals surface area (Å²) in [5.74, 6) is -0.269. The van der Waals surface area contributed by atoms with Gasteiger partial charge in [0.1, 0.15) is 12.4 Å². The molecule has 0 aliphatic rings. The van der Waals surface area contributed by atoms with Crippen LogP contribution in [-0.2, 0) is 13.2 Å². The number of rotatable bonds is 5. The minimum atomic E-state index is -0.929. The molecule has 3 aromatic rings. The number of ether oxygens (including phenoxy) is 1. The molecule has 0 unspecified atom stereocenters. The Hall–Kier alpha value is -2.82. The SMILES string of the molecule is CCn1cc(COc2cccnc2)c2c(C(=O)O)cccc21. The van der Waals surface area contributed by atoms with Gasteiger partial charge in [-0.25, -0.2) is 4.79 Å². The predicted octanol–water partition coefficient (Wildman–Crippen LogP) is 3.33. The van der Waals surface area contributed by atoms with E-state index < -0.39 is 5.97 Å². The number of benzene rings is 1. The van der Waals surface area contributed by atoms with Crippen molar-refractivity contribution < 1.29 is 14.6 Å². The summed E-state index contributed by atoms with van der Waals surface area (Å²) in [6, 6.07) is 8.94. The first kappa shape index (κ1) is 14.1. The third-order valence-corrected chi connectivity index (χ3v) is 3.58. The summed E-state index contributed by atoms with van der Waals surface area (Å²) >= 11 is 0. The van der Waals surface area contributed by atoms with Gasteiger partial charge in [0, 0.05) is 35.4 Å². The summed E-state index contributed by atoms with van der Waals surface area (Å²) in [5.41, 5.74) is 2.07. The Morgan fingerprint density at radius 2 is 2.18 bits per heavy atom. The van der Waals surface area contributed by atoms with Crippen LogP contribution in [0.5, 0.6) is 5.75 Å². The fraction of sp³-hybridized carbons (Fsp3) is 0.176. The standard InChI is InChI=1S/C17H16N2O3/c1-2-19-10-12(11-22-13-5-4-8-18-9-13)16-14(17(20)21)6-3-7-15(16)19/h3-10H,2,11H2,1H3,(H,20,21). The number of carboxylic acids is 1. The molecule has 22 heavy (non-hydrogen) atoms. The van der Waals surface area contributed by atoms with Crippen molar-refractivity contribution in [1.29, 1.82) is 0 Å². The van der Waals surface area contributed by atoms with Crippen molar-refractivity contribution in [2.75, 3.05) is 0 Å². The Labute approximate surface area is 127 Å². The number of carboxylic acid groups (broad SMARTS) is 1. The second-order valence-electron chi connectivity index (χ2n) is 4.92. The predicted molar refractivity (Wildman–Crippen MR) is 83.1 cm³/mol. The van der Waals surface area contributed by atoms with Crippen LogP contribution in [0.2, 0.25) is 0 Å². The normalized spacial score (nSPS) is 10.8. The first-order valence-electron chi connectivity index (χ1n) is 7.07. The van der Waals surface area contributed by atoms with Gasteiger partial charge < -0.3 is 14.4 Å². The van der Waals surface area contributed by atoms with Gasteiger partial charge in [-0.15, -0.1) is 0 Å². The van der Waals surface area contributed by atoms with E-state index in [0.29, 0.717) is 17.9 Å². The van der Waals surface area contributed by atoms with Crippen molar-refractivity contribution >= 4 is 16.9 Å². The van der Waals surface area contributed by atoms with E-state index in [2.05, 4.69) is 4.98 Å². The number of carbonyl (C=O) groups is 1. The minimum Gasteiger partial charge on any atom is -0.487 e. The molecule has 0 fully saturated rings. The van der Waals surface area contributed by atoms with E-state index in [-0.39, 0.29) is 0 Å². The van der Waals surface area contributed by atoms with Gasteiger partial charge in [0.15, 0.2) is 0 Å². The molecular formula is C17H16N2O3. The molecule has 0 spiro atoms. The van der Waals surface area contributed by atoms with E-state index in [0.717, 1.165) is 23.0 Å². The van der Waals surface area contributed by atoms with Gasteiger partial charge in [0.2, 0.25) is 0 Å². The molecule has 0 bridgehead atoms. The number of hydrogen-bond acceptors (Lipinski definition) is 3. The zero-order valence-electron chi connectivity index (χ0n) is 12.2. The molecule has 0 saturated carbocycles. The molecule has 0 saturated heterocycles. The average Bonchev–Trinajstić information content (AvgIpc) is 2.92. The lowest BCUT2D eigenvalue weighted by molar-refractivity contribution is 0.0699. The molecule has 112 valence electrons. The van der Waals surface area contributed by atoms with Crippen molar-refractivity contribution in [3.05, 3.63) is 60.0 Å². The van der Waals surface area contributed by atoms with E-state index in [1.54, 1.807) is 30.6 Å². The van der Waals surface area contributed by atoms with Crippen molar-refractivity contribution in [3.8, 4) is 5.75 Å². The Morgan fingerprint density at radius 3 is 2.86 bits per heavy atom. The van der Waals surface area contributed by atoms with Gasteiger partial charge in [0.05, 0.1) is 11.8 Å². The van der Waals surface area contributed by atoms with E-state index in [4.69, 9.17) is 4.74 Å². The topological polar surface area (TPSA) is 64.4 Å². The molecule has 2 heterocycles. The van der Waals surface area contributed by atoms with E-state index in [1.165, 1.54) is 0 Å². The zero-order valence-corrected chi connectivity index (χ0v) is 12.2. The molecule has 0 aliphatic heterocycles. The first-order valence-corrected chi connectivity index (χ1v) is 7.07. The summed E-state index contributed by atoms with van der Waals surface area (Å²) < 4.78 is 7.76. The van der Waals surface area contributed by atoms with Crippen LogP contribution in [0.4, 0.5) is 0 Å². The number of pyridine rings is 1. The van der Waals surface area contributed by atoms with Gasteiger partial charge in [-0.2, -0.15) is 0 Å². The summed E-state index contributed by atoms with van der Waals surface area (Å²) in [5, 5.41) is 10.2. The molecule has 2 aromatic heterocycles. The molecule has 5 heteroatoms. The van der Waals surface area contributed by atoms with Gasteiger partial charge in [-0.05, 0) is 31.2 Å². The third-order valence-electron chi connectivity index (χ3n) is 3.58. The van der Waals surface area contributed by atoms with Crippen LogP contribution in [0.3, 0.4) is 0 Å². The van der Waals surface area contributed by atoms with Crippen molar-refractivity contribution in [3.63, 3.8) is 0 Å². The van der Waals surface area contributed by atoms with E-state index in [9.17, 15) is 9.90 Å². The van der Waals surface area contributed by atoms with Crippen molar-refractivity contribution in [1.82, 2.24) is 9.55 Å². The first-order chi connectivity index (χ1) is 10.7. The maximum atomic E-state index is 11.5. The molecule has 5 nitrogen and oxygen atoms in total. The highest BCUT2D eigenvalue weighted by Crippen LogP contribution is 2.26. The highest BCUT2D eigenvalue weighted by atomic mass is 16.5. The summed E-state index contributed by atoms with van der Waals surface area (Å²) in [7, 11) is 0. The maximum Gasteiger partial charge on any atom is 0.336 e. The van der Waals surface area contributed by atoms with Crippen LogP contribution in [-0.4, -0.2) is 20.6 Å². The number of fused-ring (bicyclic) bond motifs is 1. The second kappa shape index (κ2) is 5.89. The van der Waals surface area contributed by atoms with E-state index in [1.807, 2.05) is 29.8 Å². The number of aromatic carboxylic acids is 1. The number of aromatic nitrogens is 2. The largest absolute Gasteiger partial charge is 0.487 e. The Kier molecular flexibility index (Phi) is 3.78. The molecule has 1 N–H and O–H groups in total. The van der Waals surface area contributed by atoms with Crippen molar-refractivity contribution in [2.45, 2.75) is 20.1 Å². The van der Waals surface area contributed by atoms with Gasteiger partial charge >= 0.3 is 5.97 Å². The fourth-order valence-electron chi connectivity index (χ4n) is 2.58. The summed E-state index contributed by atoms with van der Waals surface area (Å²) in [6.07, 6.45) is 5.27. The monoisotopic (exact) mass is 296 g/mol. The number of aryl methyl sites for hydroxylation is 1. The molecule has 0 aliphatic carbocycles. The molecular weight excluding hydrogens is 280 g/mol. The molecule has 3 rings (SSSR count). The number of nitrogens with zero attached hydrogens (tertiary/aromatic N) is 2. The average molecular weight is 296 g/mol. The molecule has 0 amide bonds. The third kappa shape index (κ3) is 2.53. The minimum absolute atomic E-state index is 0.300. The van der Waals surface area contributed by atoms with Gasteiger partial charge in [-0.1, -0.05) is 6.07 Å². The summed E-state index contributed by atoms with van der Waals surface area (Å²) in [6.45, 7) is 3.10. The Bertz CT molecular complexity index is 809. The van der Waals surface area contributed by atoms with Crippen LogP contribution < -0.4 is 4.74 Å². The number of hydrogen-bond donors (Lipinski definition) is 1. The van der Waals surface area contributed by atoms with Crippen LogP contribution in [0.1, 0.15) is 22.8 Å². The van der Waals surface area contributed by atoms with Crippen LogP contribution >= 0.6 is 0 Å². The Morgan fingerprint density at radius 1 is 1.32 bits per heavy atom. The second-order valence-corrected chi connectivity index (χ2v) is 4.92. The lowest BCUT2D eigenvalue weighted by Gasteiger charge is -2.05. The molecule has 0 atom stereocenters. The maximum absolute atomic E-state index is 11.5. The van der Waals surface area contributed by atoms with Crippen LogP contribution in [0, 0.1) is 0 Å². The lowest BCUT2D eigenvalue weighted by atomic mass is 10.1. The highest BCUT2D eigenvalue weighted by Gasteiger charge is 2.16. The van der Waals surface area contributed by atoms with Crippen LogP contribution in [0.25, 0.3) is 10.9 Å². The Balaban J connectivity index is 2.03. The van der Waals surface area contributed by atoms with E-state index >= 15 is 0 Å². The highest BCUT2D eigenvalue weighted by molar-refractivity contribution is 6.04. The van der Waals surface area contributed by atoms with Gasteiger partial charge in [0.25, 0.3) is 0 Å². The fourth-order valence-corrected chi connectivity index (χ4v) is 2.58. The summed E-state index contributed by atoms with van der Waals surface area (Å²) in [4.78, 5) is 15.5. The zero-order chi connectivity index (χ0) is 15.5. The smallest absolute Gasteiger partial charge is 0.336 e. The molecule has 0 radical (unpaired) electrons. The van der Waals surface area contributed by atoms with Crippen molar-refractivity contribution in [2.24, 2.45) is 0 Å². The van der Waals surface area contributed by atoms with Crippen LogP contribution in [0.15, 0.2) is 48.9 Å². The quantitative estimate of drug-likeness (QED) is 0.784. The molecule has 1 aromatic carbocycles. The van der Waals surface area contributed by atoms with Gasteiger partial charge in [-0.3, -0.25) is 4.98 Å². The lowest BCUT2D eigenvalue weighted by Crippen LogP contribution is -2.00.